The molecule has 1 rings (SSSR count). The highest BCUT2D eigenvalue weighted by molar-refractivity contribution is 5.68. The summed E-state index contributed by atoms with van der Waals surface area (Å²) in [4.78, 5) is 20.4. The number of aliphatic carboxylic acids is 1. The second-order valence-corrected chi connectivity index (χ2v) is 3.26. The minimum atomic E-state index is -0.852. The fourth-order valence-electron chi connectivity index (χ4n) is 1.27. The summed E-state index contributed by atoms with van der Waals surface area (Å²) in [5.74, 6) is -0.211. The Balaban J connectivity index is 2.25. The van der Waals surface area contributed by atoms with Crippen LogP contribution in [0.1, 0.15) is 25.7 Å². The molecule has 1 aliphatic carbocycles. The number of amides is 1. The number of carboxylic acid groups (broad SMARTS) is 1. The van der Waals surface area contributed by atoms with Crippen LogP contribution in [0.5, 0.6) is 0 Å². The van der Waals surface area contributed by atoms with Gasteiger partial charge in [-0.1, -0.05) is 12.8 Å². The van der Waals surface area contributed by atoms with E-state index in [1.54, 1.807) is 0 Å². The molecule has 4 nitrogen and oxygen atoms in total. The van der Waals surface area contributed by atoms with Crippen LogP contribution in [0.3, 0.4) is 0 Å². The lowest BCUT2D eigenvalue weighted by Gasteiger charge is -2.12. The predicted molar refractivity (Wildman–Crippen MR) is 42.6 cm³/mol. The summed E-state index contributed by atoms with van der Waals surface area (Å²) >= 11 is 0. The summed E-state index contributed by atoms with van der Waals surface area (Å²) in [6.07, 6.45) is 3.78. The van der Waals surface area contributed by atoms with Crippen molar-refractivity contribution in [3.05, 3.63) is 0 Å². The molecule has 2 N–H and O–H groups in total. The van der Waals surface area contributed by atoms with E-state index in [9.17, 15) is 9.59 Å². The number of hydrogen-bond donors (Lipinski definition) is 2. The van der Waals surface area contributed by atoms with Crippen LogP contribution >= 0.6 is 0 Å². The van der Waals surface area contributed by atoms with E-state index in [1.807, 2.05) is 0 Å². The van der Waals surface area contributed by atoms with E-state index in [1.165, 1.54) is 12.8 Å². The maximum Gasteiger partial charge on any atom is 0.305 e. The molecule has 1 atom stereocenters. The number of carbonyl (C=O) groups excluding carboxylic acids is 1. The van der Waals surface area contributed by atoms with Gasteiger partial charge in [-0.15, -0.1) is 0 Å². The highest BCUT2D eigenvalue weighted by Crippen LogP contribution is 2.33. The smallest absolute Gasteiger partial charge is 0.305 e. The van der Waals surface area contributed by atoms with Crippen LogP contribution in [0.2, 0.25) is 0 Å². The molecule has 1 amide bonds. The van der Waals surface area contributed by atoms with Gasteiger partial charge in [-0.05, 0) is 12.3 Å². The van der Waals surface area contributed by atoms with E-state index in [0.717, 1.165) is 6.42 Å². The molecule has 0 spiro atoms. The minimum Gasteiger partial charge on any atom is -0.481 e. The van der Waals surface area contributed by atoms with E-state index in [-0.39, 0.29) is 12.5 Å². The minimum absolute atomic E-state index is 0.0369. The Bertz CT molecular complexity index is 177. The van der Waals surface area contributed by atoms with Crippen molar-refractivity contribution in [2.24, 2.45) is 5.92 Å². The number of hydrogen-bond acceptors (Lipinski definition) is 2. The maximum atomic E-state index is 10.3. The van der Waals surface area contributed by atoms with Crippen molar-refractivity contribution in [2.45, 2.75) is 31.7 Å². The van der Waals surface area contributed by atoms with Gasteiger partial charge in [0.15, 0.2) is 0 Å². The van der Waals surface area contributed by atoms with Crippen LogP contribution in [0.15, 0.2) is 0 Å². The van der Waals surface area contributed by atoms with Gasteiger partial charge in [-0.25, -0.2) is 0 Å². The highest BCUT2D eigenvalue weighted by Gasteiger charge is 2.26. The van der Waals surface area contributed by atoms with Crippen LogP contribution in [0.25, 0.3) is 0 Å². The second kappa shape index (κ2) is 4.09. The lowest BCUT2D eigenvalue weighted by molar-refractivity contribution is -0.137. The number of rotatable bonds is 6. The standard InChI is InChI=1S/C8H13NO3/c10-5-9-7(4-8(11)12)3-6-1-2-6/h5-7H,1-4H2,(H,9,10)(H,11,12). The summed E-state index contributed by atoms with van der Waals surface area (Å²) in [5.41, 5.74) is 0. The lowest BCUT2D eigenvalue weighted by Crippen LogP contribution is -2.30. The van der Waals surface area contributed by atoms with Crippen molar-refractivity contribution in [1.82, 2.24) is 5.32 Å². The van der Waals surface area contributed by atoms with Crippen molar-refractivity contribution in [1.29, 1.82) is 0 Å². The van der Waals surface area contributed by atoms with Gasteiger partial charge in [-0.3, -0.25) is 9.59 Å². The average molecular weight is 171 g/mol. The van der Waals surface area contributed by atoms with Gasteiger partial charge < -0.3 is 10.4 Å². The first-order chi connectivity index (χ1) is 5.72. The molecule has 12 heavy (non-hydrogen) atoms. The molecule has 68 valence electrons. The SMILES string of the molecule is O=CNC(CC(=O)O)CC1CC1. The van der Waals surface area contributed by atoms with Gasteiger partial charge in [0.2, 0.25) is 6.41 Å². The molecule has 0 bridgehead atoms. The zero-order valence-corrected chi connectivity index (χ0v) is 6.82. The van der Waals surface area contributed by atoms with E-state index >= 15 is 0 Å². The maximum absolute atomic E-state index is 10.3. The van der Waals surface area contributed by atoms with Gasteiger partial charge in [0.05, 0.1) is 6.42 Å². The predicted octanol–water partition coefficient (Wildman–Crippen LogP) is 0.376. The van der Waals surface area contributed by atoms with Crippen molar-refractivity contribution in [3.63, 3.8) is 0 Å². The Morgan fingerprint density at radius 2 is 2.33 bits per heavy atom. The fourth-order valence-corrected chi connectivity index (χ4v) is 1.27. The normalized spacial score (nSPS) is 18.3. The third kappa shape index (κ3) is 3.37. The number of carbonyl (C=O) groups is 2. The molecular formula is C8H13NO3. The zero-order valence-electron chi connectivity index (χ0n) is 6.82. The van der Waals surface area contributed by atoms with Gasteiger partial charge in [0, 0.05) is 6.04 Å². The molecule has 0 aromatic rings. The molecule has 1 fully saturated rings. The van der Waals surface area contributed by atoms with Crippen LogP contribution in [-0.2, 0) is 9.59 Å². The number of carboxylic acids is 1. The monoisotopic (exact) mass is 171 g/mol. The number of nitrogens with one attached hydrogen (secondary N) is 1. The molecule has 0 aliphatic heterocycles. The molecule has 0 aromatic heterocycles. The summed E-state index contributed by atoms with van der Waals surface area (Å²) in [6.45, 7) is 0. The first kappa shape index (κ1) is 9.03. The van der Waals surface area contributed by atoms with Crippen molar-refractivity contribution in [3.8, 4) is 0 Å². The summed E-state index contributed by atoms with van der Waals surface area (Å²) in [5, 5.41) is 11.0. The van der Waals surface area contributed by atoms with Crippen LogP contribution in [0, 0.1) is 5.92 Å². The van der Waals surface area contributed by atoms with Crippen molar-refractivity contribution in [2.75, 3.05) is 0 Å². The molecule has 1 aliphatic rings. The average Bonchev–Trinajstić information content (AvgIpc) is 2.70. The topological polar surface area (TPSA) is 66.4 Å². The third-order valence-electron chi connectivity index (χ3n) is 2.04. The Morgan fingerprint density at radius 1 is 1.67 bits per heavy atom. The van der Waals surface area contributed by atoms with Crippen LogP contribution < -0.4 is 5.32 Å². The molecule has 0 heterocycles. The Morgan fingerprint density at radius 3 is 2.75 bits per heavy atom. The molecule has 0 radical (unpaired) electrons. The van der Waals surface area contributed by atoms with E-state index in [0.29, 0.717) is 12.3 Å². The molecule has 0 aromatic carbocycles. The molecule has 1 saturated carbocycles. The summed E-state index contributed by atoms with van der Waals surface area (Å²) in [6, 6.07) is -0.174. The molecule has 4 heteroatoms. The Labute approximate surface area is 71.0 Å². The lowest BCUT2D eigenvalue weighted by atomic mass is 10.1. The fraction of sp³-hybridized carbons (Fsp3) is 0.750. The summed E-state index contributed by atoms with van der Waals surface area (Å²) < 4.78 is 0. The molecule has 1 unspecified atom stereocenters. The Kier molecular flexibility index (Phi) is 3.08. The summed E-state index contributed by atoms with van der Waals surface area (Å²) in [7, 11) is 0. The molecular weight excluding hydrogens is 158 g/mol. The third-order valence-corrected chi connectivity index (χ3v) is 2.04. The van der Waals surface area contributed by atoms with E-state index in [4.69, 9.17) is 5.11 Å². The van der Waals surface area contributed by atoms with E-state index in [2.05, 4.69) is 5.32 Å². The first-order valence-corrected chi connectivity index (χ1v) is 4.14. The first-order valence-electron chi connectivity index (χ1n) is 4.14. The van der Waals surface area contributed by atoms with Crippen LogP contribution in [-0.4, -0.2) is 23.5 Å². The van der Waals surface area contributed by atoms with E-state index < -0.39 is 5.97 Å². The van der Waals surface area contributed by atoms with Gasteiger partial charge in [0.25, 0.3) is 0 Å². The van der Waals surface area contributed by atoms with Crippen LogP contribution in [0.4, 0.5) is 0 Å². The second-order valence-electron chi connectivity index (χ2n) is 3.26. The largest absolute Gasteiger partial charge is 0.481 e. The van der Waals surface area contributed by atoms with Crippen molar-refractivity contribution >= 4 is 12.4 Å². The quantitative estimate of drug-likeness (QED) is 0.567. The van der Waals surface area contributed by atoms with Gasteiger partial charge in [0.1, 0.15) is 0 Å². The van der Waals surface area contributed by atoms with Crippen molar-refractivity contribution < 1.29 is 14.7 Å². The Hall–Kier alpha value is -1.06. The van der Waals surface area contributed by atoms with Gasteiger partial charge in [-0.2, -0.15) is 0 Å². The highest BCUT2D eigenvalue weighted by atomic mass is 16.4. The van der Waals surface area contributed by atoms with Gasteiger partial charge >= 0.3 is 5.97 Å². The zero-order chi connectivity index (χ0) is 8.97. The molecule has 0 saturated heterocycles.